The van der Waals surface area contributed by atoms with Crippen LogP contribution in [-0.2, 0) is 0 Å². The third kappa shape index (κ3) is 3.34. The molecule has 4 aliphatic rings. The highest BCUT2D eigenvalue weighted by atomic mass is 16.3. The first-order chi connectivity index (χ1) is 15.1. The van der Waals surface area contributed by atoms with E-state index in [0.717, 1.165) is 25.7 Å². The van der Waals surface area contributed by atoms with Crippen LogP contribution in [0.15, 0.2) is 22.8 Å². The average Bonchev–Trinajstić information content (AvgIpc) is 3.03. The number of fused-ring (bicyclic) bond motifs is 4. The van der Waals surface area contributed by atoms with Crippen LogP contribution < -0.4 is 0 Å². The molecule has 0 saturated heterocycles. The van der Waals surface area contributed by atoms with Gasteiger partial charge in [0.15, 0.2) is 0 Å². The van der Waals surface area contributed by atoms with Crippen LogP contribution in [0.1, 0.15) is 112 Å². The number of hydrogen-bond donors (Lipinski definition) is 1. The lowest BCUT2D eigenvalue weighted by Gasteiger charge is -2.55. The van der Waals surface area contributed by atoms with Gasteiger partial charge in [-0.2, -0.15) is 0 Å². The Bertz CT molecular complexity index is 855. The molecule has 0 spiro atoms. The normalized spacial score (nSPS) is 52.6. The quantitative estimate of drug-likeness (QED) is 0.495. The smallest absolute Gasteiger partial charge is 0.0600 e. The van der Waals surface area contributed by atoms with Crippen molar-refractivity contribution in [1.29, 1.82) is 0 Å². The second-order valence-electron chi connectivity index (χ2n) is 10.9. The zero-order valence-electron chi connectivity index (χ0n) is 23.7. The first kappa shape index (κ1) is 15.3. The molecule has 0 bridgehead atoms. The first-order valence-electron chi connectivity index (χ1n) is 14.2. The fourth-order valence-corrected chi connectivity index (χ4v) is 7.48. The average molecular weight is 390 g/mol. The van der Waals surface area contributed by atoms with Gasteiger partial charge in [-0.3, -0.25) is 0 Å². The second-order valence-corrected chi connectivity index (χ2v) is 10.9. The van der Waals surface area contributed by atoms with Crippen molar-refractivity contribution in [3.05, 3.63) is 22.8 Å². The minimum Gasteiger partial charge on any atom is -0.393 e. The third-order valence-electron chi connectivity index (χ3n) is 9.09. The lowest BCUT2D eigenvalue weighted by molar-refractivity contribution is 0.0133. The van der Waals surface area contributed by atoms with Crippen LogP contribution >= 0.6 is 0 Å². The molecule has 0 aromatic heterocycles. The number of allylic oxidation sites excluding steroid dienone is 4. The Morgan fingerprint density at radius 2 is 2.04 bits per heavy atom. The molecule has 2 fully saturated rings. The van der Waals surface area contributed by atoms with Crippen molar-refractivity contribution < 1.29 is 12.0 Å². The standard InChI is InChI=1S/C27H44O/c1-18(2)7-6-8-19(3)23-11-12-24-22-10-9-20-17-21(28)13-15-26(20,4)25(22)14-16-27(23,24)5/h7,19-21,23-24,28H,6,8-17H2,1-5H3/t19-,20?,21+,23-,24+,26+,27-/m1/s1/i13D2,17D2,21D. The van der Waals surface area contributed by atoms with Gasteiger partial charge in [0, 0.05) is 5.48 Å². The lowest BCUT2D eigenvalue weighted by atomic mass is 9.50. The summed E-state index contributed by atoms with van der Waals surface area (Å²) in [5, 5.41) is 10.7. The van der Waals surface area contributed by atoms with Crippen molar-refractivity contribution in [2.45, 2.75) is 111 Å². The summed E-state index contributed by atoms with van der Waals surface area (Å²) in [5.41, 5.74) is 3.81. The van der Waals surface area contributed by atoms with E-state index in [0.29, 0.717) is 24.2 Å². The molecule has 0 amide bonds. The zero-order chi connectivity index (χ0) is 24.6. The topological polar surface area (TPSA) is 20.2 Å². The van der Waals surface area contributed by atoms with Gasteiger partial charge >= 0.3 is 0 Å². The highest BCUT2D eigenvalue weighted by Gasteiger charge is 2.55. The summed E-state index contributed by atoms with van der Waals surface area (Å²) in [4.78, 5) is 0. The van der Waals surface area contributed by atoms with Gasteiger partial charge in [0.25, 0.3) is 0 Å². The van der Waals surface area contributed by atoms with Gasteiger partial charge in [-0.1, -0.05) is 43.6 Å². The molecule has 0 aromatic carbocycles. The molecular weight excluding hydrogens is 340 g/mol. The summed E-state index contributed by atoms with van der Waals surface area (Å²) in [5.74, 6) is 1.39. The molecule has 0 heterocycles. The maximum Gasteiger partial charge on any atom is 0.0600 e. The van der Waals surface area contributed by atoms with Crippen molar-refractivity contribution in [2.24, 2.45) is 34.5 Å². The van der Waals surface area contributed by atoms with E-state index in [1.54, 1.807) is 0 Å². The maximum atomic E-state index is 10.7. The predicted molar refractivity (Wildman–Crippen MR) is 119 cm³/mol. The summed E-state index contributed by atoms with van der Waals surface area (Å²) in [6.07, 6.45) is 3.38. The zero-order valence-corrected chi connectivity index (χ0v) is 18.7. The number of hydrogen-bond acceptors (Lipinski definition) is 1. The highest BCUT2D eigenvalue weighted by Crippen LogP contribution is 2.65. The van der Waals surface area contributed by atoms with E-state index in [2.05, 4.69) is 33.8 Å². The Balaban J connectivity index is 1.65. The van der Waals surface area contributed by atoms with E-state index in [1.165, 1.54) is 36.0 Å². The van der Waals surface area contributed by atoms with Gasteiger partial charge in [0.2, 0.25) is 0 Å². The van der Waals surface area contributed by atoms with Crippen molar-refractivity contribution in [3.63, 3.8) is 0 Å². The van der Waals surface area contributed by atoms with Crippen LogP contribution in [0.25, 0.3) is 0 Å². The Kier molecular flexibility index (Phi) is 4.15. The molecule has 1 heteroatoms. The minimum atomic E-state index is -2.72. The molecule has 0 aliphatic heterocycles. The van der Waals surface area contributed by atoms with Gasteiger partial charge in [-0.25, -0.2) is 0 Å². The molecule has 1 unspecified atom stereocenters. The lowest BCUT2D eigenvalue weighted by Crippen LogP contribution is -2.45. The second kappa shape index (κ2) is 7.60. The fourth-order valence-electron chi connectivity index (χ4n) is 7.48. The molecule has 4 aliphatic carbocycles. The Hall–Kier alpha value is -0.560. The summed E-state index contributed by atoms with van der Waals surface area (Å²) < 4.78 is 42.5. The Labute approximate surface area is 181 Å². The fraction of sp³-hybridized carbons (Fsp3) is 0.852. The SMILES string of the molecule is [2H]C1([2H])C[C@]2(C)C3=C(CCC2C([2H])([2H])[C@@]1([2H])O)[C@@H]1CC[C@H]([C@H](C)CCC=C(C)C)[C@@]1(C)CC3. The molecule has 1 N–H and O–H groups in total. The Morgan fingerprint density at radius 3 is 2.79 bits per heavy atom. The molecular formula is C27H44O. The van der Waals surface area contributed by atoms with Crippen LogP contribution in [0, 0.1) is 34.5 Å². The van der Waals surface area contributed by atoms with E-state index >= 15 is 0 Å². The summed E-state index contributed by atoms with van der Waals surface area (Å²) in [6.45, 7) is 11.3. The monoisotopic (exact) mass is 389 g/mol. The Morgan fingerprint density at radius 1 is 1.25 bits per heavy atom. The summed E-state index contributed by atoms with van der Waals surface area (Å²) in [6, 6.07) is 0. The van der Waals surface area contributed by atoms with Gasteiger partial charge in [-0.15, -0.1) is 0 Å². The van der Waals surface area contributed by atoms with Crippen molar-refractivity contribution >= 4 is 0 Å². The first-order valence-corrected chi connectivity index (χ1v) is 11.7. The maximum absolute atomic E-state index is 10.7. The molecule has 4 rings (SSSR count). The van der Waals surface area contributed by atoms with Gasteiger partial charge < -0.3 is 5.11 Å². The summed E-state index contributed by atoms with van der Waals surface area (Å²) in [7, 11) is 0. The number of aliphatic hydroxyl groups is 1. The van der Waals surface area contributed by atoms with Crippen molar-refractivity contribution in [2.75, 3.05) is 0 Å². The van der Waals surface area contributed by atoms with Crippen molar-refractivity contribution in [1.82, 2.24) is 0 Å². The van der Waals surface area contributed by atoms with E-state index in [1.807, 2.05) is 6.92 Å². The van der Waals surface area contributed by atoms with Gasteiger partial charge in [0.05, 0.1) is 7.45 Å². The van der Waals surface area contributed by atoms with E-state index < -0.39 is 30.2 Å². The van der Waals surface area contributed by atoms with Crippen molar-refractivity contribution in [3.8, 4) is 0 Å². The predicted octanol–water partition coefficient (Wildman–Crippen LogP) is 7.45. The van der Waals surface area contributed by atoms with E-state index in [9.17, 15) is 5.11 Å². The van der Waals surface area contributed by atoms with Crippen LogP contribution in [0.5, 0.6) is 0 Å². The van der Waals surface area contributed by atoms with Gasteiger partial charge in [-0.05, 0) is 119 Å². The van der Waals surface area contributed by atoms with Crippen LogP contribution in [-0.4, -0.2) is 11.2 Å². The molecule has 1 nitrogen and oxygen atoms in total. The van der Waals surface area contributed by atoms with Gasteiger partial charge in [0.1, 0.15) is 0 Å². The number of rotatable bonds is 4. The highest BCUT2D eigenvalue weighted by molar-refractivity contribution is 5.34. The van der Waals surface area contributed by atoms with E-state index in [4.69, 9.17) is 6.85 Å². The largest absolute Gasteiger partial charge is 0.393 e. The third-order valence-corrected chi connectivity index (χ3v) is 9.09. The molecule has 0 radical (unpaired) electrons. The molecule has 28 heavy (non-hydrogen) atoms. The molecule has 158 valence electrons. The molecule has 7 atom stereocenters. The van der Waals surface area contributed by atoms with E-state index in [-0.39, 0.29) is 11.8 Å². The molecule has 2 saturated carbocycles. The van der Waals surface area contributed by atoms with Crippen LogP contribution in [0.2, 0.25) is 0 Å². The summed E-state index contributed by atoms with van der Waals surface area (Å²) >= 11 is 0. The van der Waals surface area contributed by atoms with Crippen LogP contribution in [0.4, 0.5) is 0 Å². The molecule has 0 aromatic rings. The van der Waals surface area contributed by atoms with Crippen LogP contribution in [0.3, 0.4) is 0 Å². The minimum absolute atomic E-state index is 0.0367.